The molecule has 4 rings (SSSR count). The van der Waals surface area contributed by atoms with Crippen LogP contribution in [0.25, 0.3) is 11.0 Å². The molecule has 1 aliphatic rings. The summed E-state index contributed by atoms with van der Waals surface area (Å²) in [4.78, 5) is 7.69. The number of benzene rings is 2. The van der Waals surface area contributed by atoms with E-state index in [0.29, 0.717) is 18.2 Å². The fraction of sp³-hybridized carbons (Fsp3) is 0.235. The summed E-state index contributed by atoms with van der Waals surface area (Å²) in [7, 11) is -2.89. The highest BCUT2D eigenvalue weighted by molar-refractivity contribution is 7.92. The first-order chi connectivity index (χ1) is 11.6. The van der Waals surface area contributed by atoms with Crippen LogP contribution in [0.2, 0.25) is 0 Å². The van der Waals surface area contributed by atoms with Gasteiger partial charge in [0.25, 0.3) is 0 Å². The fourth-order valence-electron chi connectivity index (χ4n) is 2.75. The van der Waals surface area contributed by atoms with Gasteiger partial charge in [0, 0.05) is 12.1 Å². The number of ether oxygens (including phenoxy) is 1. The van der Waals surface area contributed by atoms with E-state index < -0.39 is 9.84 Å². The van der Waals surface area contributed by atoms with E-state index in [1.54, 1.807) is 0 Å². The number of sulfone groups is 1. The van der Waals surface area contributed by atoms with E-state index in [4.69, 9.17) is 4.74 Å². The fourth-order valence-corrected chi connectivity index (χ4v) is 3.92. The van der Waals surface area contributed by atoms with Crippen molar-refractivity contribution in [1.82, 2.24) is 9.97 Å². The van der Waals surface area contributed by atoms with E-state index in [9.17, 15) is 8.42 Å². The molecule has 7 heteroatoms. The highest BCUT2D eigenvalue weighted by Gasteiger charge is 2.35. The molecule has 0 atom stereocenters. The van der Waals surface area contributed by atoms with E-state index in [2.05, 4.69) is 15.3 Å². The minimum absolute atomic E-state index is 0.0956. The number of H-pyrrole nitrogens is 1. The third kappa shape index (κ3) is 3.07. The summed E-state index contributed by atoms with van der Waals surface area (Å²) in [6, 6.07) is 15.5. The van der Waals surface area contributed by atoms with Crippen molar-refractivity contribution >= 4 is 26.8 Å². The van der Waals surface area contributed by atoms with Crippen molar-refractivity contribution in [2.75, 3.05) is 16.8 Å². The van der Waals surface area contributed by atoms with Gasteiger partial charge in [-0.25, -0.2) is 13.4 Å². The molecule has 2 heterocycles. The number of aromatic nitrogens is 2. The van der Waals surface area contributed by atoms with Crippen molar-refractivity contribution in [3.05, 3.63) is 54.1 Å². The Kier molecular flexibility index (Phi) is 3.65. The molecule has 0 aliphatic carbocycles. The molecule has 0 radical (unpaired) electrons. The van der Waals surface area contributed by atoms with Crippen molar-refractivity contribution in [1.29, 1.82) is 0 Å². The second kappa shape index (κ2) is 5.83. The van der Waals surface area contributed by atoms with Gasteiger partial charge >= 0.3 is 0 Å². The monoisotopic (exact) mass is 343 g/mol. The number of imidazole rings is 1. The molecule has 1 saturated heterocycles. The maximum atomic E-state index is 11.3. The van der Waals surface area contributed by atoms with Crippen molar-refractivity contribution in [3.8, 4) is 5.75 Å². The number of nitrogens with one attached hydrogen (secondary N) is 2. The maximum Gasteiger partial charge on any atom is 0.201 e. The quantitative estimate of drug-likeness (QED) is 0.743. The van der Waals surface area contributed by atoms with Crippen LogP contribution in [0.15, 0.2) is 48.5 Å². The second-order valence-corrected chi connectivity index (χ2v) is 8.03. The zero-order valence-electron chi connectivity index (χ0n) is 12.9. The molecule has 0 unspecified atom stereocenters. The van der Waals surface area contributed by atoms with Crippen molar-refractivity contribution in [2.24, 2.45) is 0 Å². The smallest absolute Gasteiger partial charge is 0.201 e. The molecular formula is C17H17N3O3S. The third-order valence-corrected chi connectivity index (χ3v) is 5.74. The standard InChI is InChI=1S/C17H17N3O3S/c21-24(22)10-13(11-24)23-16-8-4-1-5-12(16)9-18-17-19-14-6-2-3-7-15(14)20-17/h1-8,13H,9-11H2,(H2,18,19,20). The van der Waals surface area contributed by atoms with Crippen LogP contribution in [0.4, 0.5) is 5.95 Å². The molecule has 1 aliphatic heterocycles. The van der Waals surface area contributed by atoms with Gasteiger partial charge in [-0.2, -0.15) is 0 Å². The molecule has 0 spiro atoms. The first-order valence-electron chi connectivity index (χ1n) is 7.73. The van der Waals surface area contributed by atoms with E-state index in [0.717, 1.165) is 16.6 Å². The van der Waals surface area contributed by atoms with Gasteiger partial charge in [-0.05, 0) is 18.2 Å². The number of aromatic amines is 1. The van der Waals surface area contributed by atoms with Crippen molar-refractivity contribution < 1.29 is 13.2 Å². The second-order valence-electron chi connectivity index (χ2n) is 5.88. The van der Waals surface area contributed by atoms with Gasteiger partial charge in [0.1, 0.15) is 11.9 Å². The highest BCUT2D eigenvalue weighted by Crippen LogP contribution is 2.24. The molecule has 0 amide bonds. The van der Waals surface area contributed by atoms with Crippen LogP contribution in [0, 0.1) is 0 Å². The van der Waals surface area contributed by atoms with Gasteiger partial charge in [-0.1, -0.05) is 30.3 Å². The van der Waals surface area contributed by atoms with Gasteiger partial charge in [-0.3, -0.25) is 0 Å². The van der Waals surface area contributed by atoms with Crippen LogP contribution in [0.3, 0.4) is 0 Å². The lowest BCUT2D eigenvalue weighted by Gasteiger charge is -2.27. The number of nitrogens with zero attached hydrogens (tertiary/aromatic N) is 1. The van der Waals surface area contributed by atoms with Gasteiger partial charge in [0.15, 0.2) is 9.84 Å². The van der Waals surface area contributed by atoms with Crippen molar-refractivity contribution in [2.45, 2.75) is 12.6 Å². The SMILES string of the molecule is O=S1(=O)CC(Oc2ccccc2CNc2nc3ccccc3[nH]2)C1. The number of fused-ring (bicyclic) bond motifs is 1. The molecule has 0 saturated carbocycles. The molecule has 3 aromatic rings. The summed E-state index contributed by atoms with van der Waals surface area (Å²) in [6.07, 6.45) is -0.248. The number of hydrogen-bond donors (Lipinski definition) is 2. The summed E-state index contributed by atoms with van der Waals surface area (Å²) in [5.41, 5.74) is 2.84. The van der Waals surface area contributed by atoms with Gasteiger partial charge < -0.3 is 15.0 Å². The molecular weight excluding hydrogens is 326 g/mol. The molecule has 0 bridgehead atoms. The number of para-hydroxylation sites is 3. The molecule has 6 nitrogen and oxygen atoms in total. The summed E-state index contributed by atoms with van der Waals surface area (Å²) in [5.74, 6) is 1.59. The van der Waals surface area contributed by atoms with Crippen LogP contribution in [0.1, 0.15) is 5.56 Å². The molecule has 2 N–H and O–H groups in total. The minimum Gasteiger partial charge on any atom is -0.488 e. The Hall–Kier alpha value is -2.54. The topological polar surface area (TPSA) is 84.1 Å². The Morgan fingerprint density at radius 3 is 2.67 bits per heavy atom. The molecule has 1 aromatic heterocycles. The predicted molar refractivity (Wildman–Crippen MR) is 92.9 cm³/mol. The molecule has 1 fully saturated rings. The summed E-state index contributed by atoms with van der Waals surface area (Å²) >= 11 is 0. The van der Waals surface area contributed by atoms with E-state index in [1.165, 1.54) is 0 Å². The van der Waals surface area contributed by atoms with Gasteiger partial charge in [-0.15, -0.1) is 0 Å². The van der Waals surface area contributed by atoms with E-state index >= 15 is 0 Å². The Balaban J connectivity index is 1.46. The Morgan fingerprint density at radius 2 is 1.88 bits per heavy atom. The van der Waals surface area contributed by atoms with Gasteiger partial charge in [0.05, 0.1) is 22.5 Å². The first kappa shape index (κ1) is 15.0. The number of rotatable bonds is 5. The minimum atomic E-state index is -2.89. The van der Waals surface area contributed by atoms with E-state index in [-0.39, 0.29) is 17.6 Å². The summed E-state index contributed by atoms with van der Waals surface area (Å²) in [6.45, 7) is 0.537. The third-order valence-electron chi connectivity index (χ3n) is 3.98. The van der Waals surface area contributed by atoms with Crippen LogP contribution in [-0.2, 0) is 16.4 Å². The Bertz CT molecular complexity index is 936. The average Bonchev–Trinajstić information content (AvgIpc) is 2.95. The maximum absolute atomic E-state index is 11.3. The van der Waals surface area contributed by atoms with Crippen molar-refractivity contribution in [3.63, 3.8) is 0 Å². The lowest BCUT2D eigenvalue weighted by atomic mass is 10.2. The average molecular weight is 343 g/mol. The van der Waals surface area contributed by atoms with Crippen LogP contribution >= 0.6 is 0 Å². The highest BCUT2D eigenvalue weighted by atomic mass is 32.2. The molecule has 124 valence electrons. The first-order valence-corrected chi connectivity index (χ1v) is 9.55. The number of hydrogen-bond acceptors (Lipinski definition) is 5. The summed E-state index contributed by atoms with van der Waals surface area (Å²) < 4.78 is 28.3. The van der Waals surface area contributed by atoms with Crippen LogP contribution in [-0.4, -0.2) is 36.0 Å². The zero-order chi connectivity index (χ0) is 16.6. The predicted octanol–water partition coefficient (Wildman–Crippen LogP) is 2.35. The number of anilines is 1. The largest absolute Gasteiger partial charge is 0.488 e. The molecule has 24 heavy (non-hydrogen) atoms. The van der Waals surface area contributed by atoms with Crippen LogP contribution < -0.4 is 10.1 Å². The van der Waals surface area contributed by atoms with Gasteiger partial charge in [0.2, 0.25) is 5.95 Å². The van der Waals surface area contributed by atoms with E-state index in [1.807, 2.05) is 48.5 Å². The zero-order valence-corrected chi connectivity index (χ0v) is 13.7. The summed E-state index contributed by atoms with van der Waals surface area (Å²) in [5, 5.41) is 3.25. The lowest BCUT2D eigenvalue weighted by Crippen LogP contribution is -2.45. The Labute approximate surface area is 139 Å². The Morgan fingerprint density at radius 1 is 1.12 bits per heavy atom. The normalized spacial score (nSPS) is 16.7. The lowest BCUT2D eigenvalue weighted by molar-refractivity contribution is 0.228. The van der Waals surface area contributed by atoms with Crippen LogP contribution in [0.5, 0.6) is 5.75 Å². The molecule has 2 aromatic carbocycles.